The molecule has 0 radical (unpaired) electrons. The molecule has 36 heavy (non-hydrogen) atoms. The molecule has 0 saturated carbocycles. The summed E-state index contributed by atoms with van der Waals surface area (Å²) in [4.78, 5) is 4.57. The van der Waals surface area contributed by atoms with Crippen molar-refractivity contribution in [3.63, 3.8) is 0 Å². The maximum absolute atomic E-state index is 5.98. The van der Waals surface area contributed by atoms with Crippen LogP contribution in [-0.2, 0) is 26.6 Å². The summed E-state index contributed by atoms with van der Waals surface area (Å²) in [6.45, 7) is 19.9. The molecule has 0 rings (SSSR count). The molecule has 0 atom stereocenters. The van der Waals surface area contributed by atoms with Crippen LogP contribution in [0.3, 0.4) is 0 Å². The Bertz CT molecular complexity index is 528. The first-order valence-electron chi connectivity index (χ1n) is 13.6. The van der Waals surface area contributed by atoms with Crippen LogP contribution in [0.4, 0.5) is 0 Å². The van der Waals surface area contributed by atoms with Gasteiger partial charge in [0.15, 0.2) is 0 Å². The molecule has 0 bridgehead atoms. The molecule has 0 aliphatic heterocycles. The Kier molecular flexibility index (Phi) is 21.8. The molecule has 0 heterocycles. The predicted molar refractivity (Wildman–Crippen MR) is 151 cm³/mol. The van der Waals surface area contributed by atoms with Gasteiger partial charge in [0.1, 0.15) is 0 Å². The number of rotatable bonds is 25. The zero-order chi connectivity index (χ0) is 27.1. The maximum Gasteiger partial charge on any atom is 0.500 e. The van der Waals surface area contributed by atoms with E-state index in [1.54, 1.807) is 0 Å². The fourth-order valence-corrected chi connectivity index (χ4v) is 9.31. The van der Waals surface area contributed by atoms with Crippen LogP contribution >= 0.6 is 0 Å². The summed E-state index contributed by atoms with van der Waals surface area (Å²) >= 11 is 0. The Labute approximate surface area is 224 Å². The van der Waals surface area contributed by atoms with Crippen LogP contribution in [0.25, 0.3) is 0 Å². The highest BCUT2D eigenvalue weighted by atomic mass is 28.4. The molecular formula is C26H52N2O6Si2. The molecule has 0 unspecified atom stereocenters. The van der Waals surface area contributed by atoms with E-state index in [1.165, 1.54) is 0 Å². The molecule has 0 spiro atoms. The van der Waals surface area contributed by atoms with Crippen molar-refractivity contribution in [2.75, 3.05) is 78.9 Å². The average molecular weight is 545 g/mol. The highest BCUT2D eigenvalue weighted by Gasteiger charge is 2.40. The SMILES string of the molecule is C#CCN(CCC[Si](OCC)(OCC)OCC)CCN(CC#C)CCC[Si](OCC)(OCC)OCC. The summed E-state index contributed by atoms with van der Waals surface area (Å²) < 4.78 is 35.9. The lowest BCUT2D eigenvalue weighted by Gasteiger charge is -2.30. The minimum Gasteiger partial charge on any atom is -0.374 e. The van der Waals surface area contributed by atoms with Crippen molar-refractivity contribution in [1.29, 1.82) is 0 Å². The minimum atomic E-state index is -2.65. The van der Waals surface area contributed by atoms with Crippen LogP contribution < -0.4 is 0 Å². The van der Waals surface area contributed by atoms with Crippen molar-refractivity contribution in [3.05, 3.63) is 0 Å². The largest absolute Gasteiger partial charge is 0.500 e. The van der Waals surface area contributed by atoms with Gasteiger partial charge in [-0.25, -0.2) is 0 Å². The molecule has 0 aromatic heterocycles. The molecule has 0 fully saturated rings. The highest BCUT2D eigenvalue weighted by molar-refractivity contribution is 6.61. The van der Waals surface area contributed by atoms with Crippen LogP contribution in [0.5, 0.6) is 0 Å². The number of hydrogen-bond acceptors (Lipinski definition) is 8. The summed E-state index contributed by atoms with van der Waals surface area (Å²) in [5.74, 6) is 5.58. The third-order valence-corrected chi connectivity index (χ3v) is 11.8. The molecule has 0 aliphatic carbocycles. The van der Waals surface area contributed by atoms with Crippen LogP contribution in [0.2, 0.25) is 12.1 Å². The average Bonchev–Trinajstić information content (AvgIpc) is 2.83. The molecule has 8 nitrogen and oxygen atoms in total. The van der Waals surface area contributed by atoms with Crippen molar-refractivity contribution in [1.82, 2.24) is 9.80 Å². The first-order valence-corrected chi connectivity index (χ1v) is 17.5. The molecule has 10 heteroatoms. The number of nitrogens with zero attached hydrogens (tertiary/aromatic N) is 2. The summed E-state index contributed by atoms with van der Waals surface area (Å²) in [7, 11) is -5.29. The molecule has 0 aromatic rings. The van der Waals surface area contributed by atoms with Crippen LogP contribution in [0.1, 0.15) is 54.4 Å². The van der Waals surface area contributed by atoms with E-state index in [1.807, 2.05) is 41.5 Å². The molecule has 0 aromatic carbocycles. The Balaban J connectivity index is 4.93. The standard InChI is InChI=1S/C26H52N2O6Si2/c1-9-19-27(21-17-25-35(29-11-3,30-12-4)31-13-5)23-24-28(20-10-2)22-18-26-36(32-14-6,33-15-7)34-16-8/h1-2H,11-26H2,3-8H3. The quantitative estimate of drug-likeness (QED) is 0.127. The summed E-state index contributed by atoms with van der Waals surface area (Å²) in [5, 5.41) is 0. The third-order valence-electron chi connectivity index (χ3n) is 5.46. The highest BCUT2D eigenvalue weighted by Crippen LogP contribution is 2.20. The van der Waals surface area contributed by atoms with Crippen molar-refractivity contribution in [3.8, 4) is 24.7 Å². The summed E-state index contributed by atoms with van der Waals surface area (Å²) in [6.07, 6.45) is 13.1. The van der Waals surface area contributed by atoms with Crippen molar-refractivity contribution in [2.24, 2.45) is 0 Å². The maximum atomic E-state index is 5.98. The molecule has 0 amide bonds. The second kappa shape index (κ2) is 22.2. The molecule has 0 saturated heterocycles. The monoisotopic (exact) mass is 544 g/mol. The van der Waals surface area contributed by atoms with Gasteiger partial charge >= 0.3 is 17.6 Å². The van der Waals surface area contributed by atoms with Crippen molar-refractivity contribution in [2.45, 2.75) is 66.5 Å². The van der Waals surface area contributed by atoms with E-state index in [4.69, 9.17) is 39.4 Å². The number of terminal acetylenes is 2. The van der Waals surface area contributed by atoms with Gasteiger partial charge in [0, 0.05) is 64.8 Å². The third kappa shape index (κ3) is 14.8. The lowest BCUT2D eigenvalue weighted by atomic mass is 10.3. The fourth-order valence-electron chi connectivity index (χ4n) is 4.12. The molecular weight excluding hydrogens is 492 g/mol. The first-order chi connectivity index (χ1) is 17.4. The second-order valence-electron chi connectivity index (χ2n) is 8.13. The Morgan fingerprint density at radius 3 is 1.00 bits per heavy atom. The zero-order valence-corrected chi connectivity index (χ0v) is 25.8. The summed E-state index contributed by atoms with van der Waals surface area (Å²) in [5.41, 5.74) is 0. The lowest BCUT2D eigenvalue weighted by molar-refractivity contribution is 0.0686. The first kappa shape index (κ1) is 35.2. The molecule has 0 aliphatic rings. The fraction of sp³-hybridized carbons (Fsp3) is 0.846. The van der Waals surface area contributed by atoms with E-state index in [2.05, 4.69) is 21.6 Å². The van der Waals surface area contributed by atoms with Gasteiger partial charge in [-0.1, -0.05) is 11.8 Å². The topological polar surface area (TPSA) is 61.9 Å². The van der Waals surface area contributed by atoms with Crippen molar-refractivity contribution >= 4 is 17.6 Å². The molecule has 210 valence electrons. The zero-order valence-electron chi connectivity index (χ0n) is 23.8. The van der Waals surface area contributed by atoms with Crippen LogP contribution in [0, 0.1) is 24.7 Å². The lowest BCUT2D eigenvalue weighted by Crippen LogP contribution is -2.47. The van der Waals surface area contributed by atoms with Gasteiger partial charge in [0.25, 0.3) is 0 Å². The van der Waals surface area contributed by atoms with Gasteiger partial charge in [-0.2, -0.15) is 0 Å². The van der Waals surface area contributed by atoms with Gasteiger partial charge in [-0.15, -0.1) is 12.8 Å². The number of hydrogen-bond donors (Lipinski definition) is 0. The molecule has 0 N–H and O–H groups in total. The Morgan fingerprint density at radius 1 is 0.500 bits per heavy atom. The van der Waals surface area contributed by atoms with E-state index < -0.39 is 17.6 Å². The predicted octanol–water partition coefficient (Wildman–Crippen LogP) is 3.73. The van der Waals surface area contributed by atoms with E-state index in [9.17, 15) is 0 Å². The summed E-state index contributed by atoms with van der Waals surface area (Å²) in [6, 6.07) is 1.55. The van der Waals surface area contributed by atoms with Gasteiger partial charge < -0.3 is 26.6 Å². The second-order valence-corrected chi connectivity index (χ2v) is 13.6. The van der Waals surface area contributed by atoms with Gasteiger partial charge in [-0.05, 0) is 67.5 Å². The van der Waals surface area contributed by atoms with Gasteiger partial charge in [0.2, 0.25) is 0 Å². The van der Waals surface area contributed by atoms with Gasteiger partial charge in [-0.3, -0.25) is 9.80 Å². The smallest absolute Gasteiger partial charge is 0.374 e. The van der Waals surface area contributed by atoms with Crippen LogP contribution in [0.15, 0.2) is 0 Å². The van der Waals surface area contributed by atoms with Crippen LogP contribution in [-0.4, -0.2) is 106 Å². The Hall–Kier alpha value is -0.766. The van der Waals surface area contributed by atoms with Crippen molar-refractivity contribution < 1.29 is 26.6 Å². The van der Waals surface area contributed by atoms with Gasteiger partial charge in [0.05, 0.1) is 13.1 Å². The van der Waals surface area contributed by atoms with E-state index in [0.717, 1.165) is 51.1 Å². The minimum absolute atomic E-state index is 0.585. The van der Waals surface area contributed by atoms with E-state index in [0.29, 0.717) is 52.7 Å². The van der Waals surface area contributed by atoms with E-state index in [-0.39, 0.29) is 0 Å². The normalized spacial score (nSPS) is 12.3. The van der Waals surface area contributed by atoms with E-state index >= 15 is 0 Å². The Morgan fingerprint density at radius 2 is 0.778 bits per heavy atom.